The number of benzene rings is 1. The van der Waals surface area contributed by atoms with Crippen molar-refractivity contribution in [1.82, 2.24) is 0 Å². The molecule has 92 valence electrons. The molecule has 2 unspecified atom stereocenters. The van der Waals surface area contributed by atoms with Gasteiger partial charge in [-0.25, -0.2) is 0 Å². The van der Waals surface area contributed by atoms with E-state index in [9.17, 15) is 0 Å². The summed E-state index contributed by atoms with van der Waals surface area (Å²) in [5, 5.41) is 0.264. The molecule has 0 aliphatic heterocycles. The van der Waals surface area contributed by atoms with Crippen molar-refractivity contribution in [2.24, 2.45) is 11.8 Å². The fraction of sp³-hybridized carbons (Fsp3) is 0.625. The molecule has 17 heavy (non-hydrogen) atoms. The predicted octanol–water partition coefficient (Wildman–Crippen LogP) is 5.11. The molecule has 0 aromatic heterocycles. The Labute approximate surface area is 109 Å². The summed E-state index contributed by atoms with van der Waals surface area (Å²) in [4.78, 5) is 0. The van der Waals surface area contributed by atoms with E-state index in [1.54, 1.807) is 0 Å². The van der Waals surface area contributed by atoms with Crippen LogP contribution in [-0.4, -0.2) is 0 Å². The van der Waals surface area contributed by atoms with Crippen LogP contribution in [0.15, 0.2) is 24.3 Å². The van der Waals surface area contributed by atoms with E-state index in [1.807, 2.05) is 0 Å². The van der Waals surface area contributed by atoms with Crippen LogP contribution in [-0.2, 0) is 6.42 Å². The molecular weight excluding hydrogens is 228 g/mol. The molecule has 0 saturated heterocycles. The molecule has 0 heterocycles. The van der Waals surface area contributed by atoms with Crippen molar-refractivity contribution in [3.63, 3.8) is 0 Å². The van der Waals surface area contributed by atoms with Gasteiger partial charge in [-0.05, 0) is 42.2 Å². The van der Waals surface area contributed by atoms with E-state index in [1.165, 1.54) is 56.1 Å². The van der Waals surface area contributed by atoms with Gasteiger partial charge in [0.2, 0.25) is 0 Å². The van der Waals surface area contributed by atoms with Crippen LogP contribution in [0.3, 0.4) is 0 Å². The van der Waals surface area contributed by atoms with Crippen LogP contribution in [0.5, 0.6) is 0 Å². The van der Waals surface area contributed by atoms with Crippen LogP contribution in [0.25, 0.3) is 0 Å². The third kappa shape index (κ3) is 2.38. The Bertz CT molecular complexity index is 379. The van der Waals surface area contributed by atoms with E-state index < -0.39 is 0 Å². The van der Waals surface area contributed by atoms with Crippen molar-refractivity contribution in [1.29, 1.82) is 0 Å². The average Bonchev–Trinajstić information content (AvgIpc) is 2.86. The summed E-state index contributed by atoms with van der Waals surface area (Å²) in [7, 11) is 0. The highest BCUT2D eigenvalue weighted by molar-refractivity contribution is 6.21. The van der Waals surface area contributed by atoms with Crippen LogP contribution in [0.2, 0.25) is 0 Å². The van der Waals surface area contributed by atoms with E-state index in [2.05, 4.69) is 24.3 Å². The lowest BCUT2D eigenvalue weighted by Gasteiger charge is -2.31. The summed E-state index contributed by atoms with van der Waals surface area (Å²) in [5.74, 6) is 1.68. The molecule has 2 atom stereocenters. The van der Waals surface area contributed by atoms with Gasteiger partial charge in [-0.15, -0.1) is 11.6 Å². The van der Waals surface area contributed by atoms with Crippen molar-refractivity contribution in [2.75, 3.05) is 0 Å². The number of hydrogen-bond acceptors (Lipinski definition) is 0. The summed E-state index contributed by atoms with van der Waals surface area (Å²) in [6.45, 7) is 0. The molecule has 0 radical (unpaired) electrons. The fourth-order valence-electron chi connectivity index (χ4n) is 3.68. The van der Waals surface area contributed by atoms with Gasteiger partial charge in [-0.2, -0.15) is 0 Å². The predicted molar refractivity (Wildman–Crippen MR) is 73.4 cm³/mol. The lowest BCUT2D eigenvalue weighted by molar-refractivity contribution is 0.335. The van der Waals surface area contributed by atoms with Crippen molar-refractivity contribution in [3.05, 3.63) is 35.4 Å². The lowest BCUT2D eigenvalue weighted by Crippen LogP contribution is -2.19. The SMILES string of the molecule is ClC1c2ccccc2CCC1CC1CCCC1. The Morgan fingerprint density at radius 3 is 2.65 bits per heavy atom. The molecule has 1 heteroatoms. The van der Waals surface area contributed by atoms with Crippen LogP contribution < -0.4 is 0 Å². The van der Waals surface area contributed by atoms with Crippen molar-refractivity contribution in [3.8, 4) is 0 Å². The number of hydrogen-bond donors (Lipinski definition) is 0. The highest BCUT2D eigenvalue weighted by Crippen LogP contribution is 2.44. The molecule has 2 aliphatic carbocycles. The number of halogens is 1. The number of fused-ring (bicyclic) bond motifs is 1. The molecular formula is C16H21Cl. The maximum absolute atomic E-state index is 6.69. The van der Waals surface area contributed by atoms with Gasteiger partial charge in [-0.1, -0.05) is 49.9 Å². The first-order chi connectivity index (χ1) is 8.34. The molecule has 0 spiro atoms. The minimum absolute atomic E-state index is 0.264. The summed E-state index contributed by atoms with van der Waals surface area (Å²) in [6, 6.07) is 8.75. The summed E-state index contributed by atoms with van der Waals surface area (Å²) >= 11 is 6.69. The molecule has 2 aliphatic rings. The molecule has 0 N–H and O–H groups in total. The van der Waals surface area contributed by atoms with E-state index in [0.29, 0.717) is 0 Å². The molecule has 1 aromatic rings. The van der Waals surface area contributed by atoms with Gasteiger partial charge in [0.05, 0.1) is 5.38 Å². The molecule has 0 nitrogen and oxygen atoms in total. The zero-order chi connectivity index (χ0) is 11.7. The smallest absolute Gasteiger partial charge is 0.0616 e. The minimum Gasteiger partial charge on any atom is -0.118 e. The normalized spacial score (nSPS) is 29.2. The third-order valence-corrected chi connectivity index (χ3v) is 5.25. The maximum atomic E-state index is 6.69. The van der Waals surface area contributed by atoms with Gasteiger partial charge in [0.1, 0.15) is 0 Å². The first kappa shape index (κ1) is 11.6. The number of rotatable bonds is 2. The van der Waals surface area contributed by atoms with Gasteiger partial charge < -0.3 is 0 Å². The van der Waals surface area contributed by atoms with E-state index in [-0.39, 0.29) is 5.38 Å². The zero-order valence-electron chi connectivity index (χ0n) is 10.4. The average molecular weight is 249 g/mol. The molecule has 1 aromatic carbocycles. The maximum Gasteiger partial charge on any atom is 0.0616 e. The van der Waals surface area contributed by atoms with Gasteiger partial charge in [0, 0.05) is 0 Å². The Hall–Kier alpha value is -0.490. The second kappa shape index (κ2) is 5.02. The monoisotopic (exact) mass is 248 g/mol. The first-order valence-corrected chi connectivity index (χ1v) is 7.50. The second-order valence-corrected chi connectivity index (χ2v) is 6.26. The fourth-order valence-corrected chi connectivity index (χ4v) is 4.13. The molecule has 0 amide bonds. The van der Waals surface area contributed by atoms with Crippen molar-refractivity contribution >= 4 is 11.6 Å². The quantitative estimate of drug-likeness (QED) is 0.638. The Kier molecular flexibility index (Phi) is 3.42. The molecule has 1 saturated carbocycles. The van der Waals surface area contributed by atoms with Crippen LogP contribution in [0.4, 0.5) is 0 Å². The molecule has 0 bridgehead atoms. The minimum atomic E-state index is 0.264. The van der Waals surface area contributed by atoms with Crippen LogP contribution in [0, 0.1) is 11.8 Å². The zero-order valence-corrected chi connectivity index (χ0v) is 11.1. The third-order valence-electron chi connectivity index (χ3n) is 4.66. The Morgan fingerprint density at radius 1 is 1.06 bits per heavy atom. The number of alkyl halides is 1. The Morgan fingerprint density at radius 2 is 1.82 bits per heavy atom. The molecule has 1 fully saturated rings. The van der Waals surface area contributed by atoms with Gasteiger partial charge in [-0.3, -0.25) is 0 Å². The van der Waals surface area contributed by atoms with E-state index in [0.717, 1.165) is 11.8 Å². The topological polar surface area (TPSA) is 0 Å². The molecule has 3 rings (SSSR count). The van der Waals surface area contributed by atoms with Crippen molar-refractivity contribution < 1.29 is 0 Å². The highest BCUT2D eigenvalue weighted by atomic mass is 35.5. The largest absolute Gasteiger partial charge is 0.118 e. The first-order valence-electron chi connectivity index (χ1n) is 7.06. The summed E-state index contributed by atoms with van der Waals surface area (Å²) < 4.78 is 0. The second-order valence-electron chi connectivity index (χ2n) is 5.79. The standard InChI is InChI=1S/C16H21Cl/c17-16-14(11-12-5-1-2-6-12)10-9-13-7-3-4-8-15(13)16/h3-4,7-8,12,14,16H,1-2,5-6,9-11H2. The Balaban J connectivity index is 1.72. The van der Waals surface area contributed by atoms with E-state index >= 15 is 0 Å². The van der Waals surface area contributed by atoms with Gasteiger partial charge in [0.25, 0.3) is 0 Å². The van der Waals surface area contributed by atoms with E-state index in [4.69, 9.17) is 11.6 Å². The van der Waals surface area contributed by atoms with Crippen LogP contribution >= 0.6 is 11.6 Å². The summed E-state index contributed by atoms with van der Waals surface area (Å²) in [6.07, 6.45) is 9.67. The van der Waals surface area contributed by atoms with Crippen molar-refractivity contribution in [2.45, 2.75) is 50.3 Å². The number of aryl methyl sites for hydroxylation is 1. The summed E-state index contributed by atoms with van der Waals surface area (Å²) in [5.41, 5.74) is 2.89. The van der Waals surface area contributed by atoms with Gasteiger partial charge in [0.15, 0.2) is 0 Å². The van der Waals surface area contributed by atoms with Crippen LogP contribution in [0.1, 0.15) is 55.0 Å². The highest BCUT2D eigenvalue weighted by Gasteiger charge is 2.30. The van der Waals surface area contributed by atoms with Gasteiger partial charge >= 0.3 is 0 Å². The lowest BCUT2D eigenvalue weighted by atomic mass is 9.78.